The molecule has 9 heteroatoms. The van der Waals surface area contributed by atoms with Crippen molar-refractivity contribution in [3.05, 3.63) is 36.3 Å². The highest BCUT2D eigenvalue weighted by Gasteiger charge is 2.89. The number of fused-ring (bicyclic) bond motifs is 3. The Labute approximate surface area is 227 Å². The van der Waals surface area contributed by atoms with Crippen molar-refractivity contribution in [3.63, 3.8) is 0 Å². The summed E-state index contributed by atoms with van der Waals surface area (Å²) >= 11 is 0. The molecule has 0 unspecified atom stereocenters. The molecule has 1 aromatic rings. The minimum absolute atomic E-state index is 0.0760. The molecule has 4 fully saturated rings. The topological polar surface area (TPSA) is 122 Å². The number of epoxide rings is 1. The van der Waals surface area contributed by atoms with Crippen molar-refractivity contribution in [2.75, 3.05) is 0 Å². The zero-order chi connectivity index (χ0) is 28.3. The first-order chi connectivity index (χ1) is 18.2. The van der Waals surface area contributed by atoms with E-state index in [0.29, 0.717) is 12.8 Å². The van der Waals surface area contributed by atoms with Gasteiger partial charge in [-0.05, 0) is 36.3 Å². The van der Waals surface area contributed by atoms with Crippen LogP contribution in [0.1, 0.15) is 73.0 Å². The number of esters is 3. The predicted molar refractivity (Wildman–Crippen MR) is 135 cm³/mol. The molecule has 6 rings (SSSR count). The molecule has 3 aliphatic carbocycles. The number of carbonyl (C=O) groups is 4. The number of cyclic esters (lactones) is 1. The van der Waals surface area contributed by atoms with E-state index in [-0.39, 0.29) is 11.7 Å². The summed E-state index contributed by atoms with van der Waals surface area (Å²) in [5, 5.41) is 0. The van der Waals surface area contributed by atoms with E-state index in [9.17, 15) is 19.2 Å². The molecule has 1 aromatic heterocycles. The van der Waals surface area contributed by atoms with Crippen molar-refractivity contribution in [3.8, 4) is 0 Å². The summed E-state index contributed by atoms with van der Waals surface area (Å²) in [6.07, 6.45) is 4.61. The molecule has 210 valence electrons. The van der Waals surface area contributed by atoms with E-state index in [1.165, 1.54) is 13.8 Å². The number of hydrogen-bond acceptors (Lipinski definition) is 9. The Bertz CT molecular complexity index is 1300. The molecular weight excluding hydrogens is 504 g/mol. The number of hydrogen-bond donors (Lipinski definition) is 0. The molecule has 0 bridgehead atoms. The smallest absolute Gasteiger partial charge is 0.339 e. The third-order valence-electron chi connectivity index (χ3n) is 11.1. The van der Waals surface area contributed by atoms with Crippen molar-refractivity contribution < 1.29 is 42.5 Å². The maximum absolute atomic E-state index is 13.4. The molecule has 1 spiro atoms. The van der Waals surface area contributed by atoms with Crippen LogP contribution in [-0.2, 0) is 38.1 Å². The van der Waals surface area contributed by atoms with Crippen LogP contribution in [0.2, 0.25) is 0 Å². The van der Waals surface area contributed by atoms with Crippen molar-refractivity contribution in [2.45, 2.75) is 91.3 Å². The lowest BCUT2D eigenvalue weighted by Gasteiger charge is -2.69. The molecule has 0 N–H and O–H groups in total. The highest BCUT2D eigenvalue weighted by Crippen LogP contribution is 2.80. The highest BCUT2D eigenvalue weighted by molar-refractivity contribution is 5.96. The molecule has 2 aliphatic heterocycles. The molecule has 5 aliphatic rings. The molecule has 0 amide bonds. The first kappa shape index (κ1) is 26.3. The van der Waals surface area contributed by atoms with Gasteiger partial charge >= 0.3 is 17.9 Å². The maximum Gasteiger partial charge on any atom is 0.339 e. The second-order valence-electron chi connectivity index (χ2n) is 13.3. The maximum atomic E-state index is 13.4. The van der Waals surface area contributed by atoms with Crippen LogP contribution in [-0.4, -0.2) is 47.6 Å². The predicted octanol–water partition coefficient (Wildman–Crippen LogP) is 4.10. The van der Waals surface area contributed by atoms with Crippen LogP contribution in [0.25, 0.3) is 0 Å². The van der Waals surface area contributed by atoms with Crippen molar-refractivity contribution in [1.29, 1.82) is 0 Å². The van der Waals surface area contributed by atoms with Gasteiger partial charge in [-0.3, -0.25) is 14.4 Å². The number of ketones is 1. The molecule has 3 heterocycles. The van der Waals surface area contributed by atoms with Gasteiger partial charge in [-0.1, -0.05) is 40.7 Å². The van der Waals surface area contributed by atoms with Gasteiger partial charge in [0.1, 0.15) is 23.9 Å². The molecule has 39 heavy (non-hydrogen) atoms. The van der Waals surface area contributed by atoms with E-state index in [0.717, 1.165) is 5.56 Å². The van der Waals surface area contributed by atoms with Gasteiger partial charge in [0.25, 0.3) is 0 Å². The second kappa shape index (κ2) is 7.83. The van der Waals surface area contributed by atoms with Crippen LogP contribution in [0.4, 0.5) is 0 Å². The summed E-state index contributed by atoms with van der Waals surface area (Å²) < 4.78 is 30.1. The third kappa shape index (κ3) is 3.00. The van der Waals surface area contributed by atoms with Crippen LogP contribution in [0.5, 0.6) is 0 Å². The number of carbonyl (C=O) groups excluding carboxylic acids is 4. The largest absolute Gasteiger partial charge is 0.472 e. The van der Waals surface area contributed by atoms with E-state index in [1.54, 1.807) is 24.7 Å². The summed E-state index contributed by atoms with van der Waals surface area (Å²) in [6.45, 7) is 12.5. The van der Waals surface area contributed by atoms with Gasteiger partial charge in [-0.2, -0.15) is 0 Å². The van der Waals surface area contributed by atoms with Crippen LogP contribution in [0.3, 0.4) is 0 Å². The quantitative estimate of drug-likeness (QED) is 0.317. The zero-order valence-corrected chi connectivity index (χ0v) is 23.4. The lowest BCUT2D eigenvalue weighted by molar-refractivity contribution is -0.284. The van der Waals surface area contributed by atoms with Gasteiger partial charge < -0.3 is 23.4 Å². The number of furan rings is 1. The van der Waals surface area contributed by atoms with Crippen LogP contribution in [0, 0.1) is 33.5 Å². The summed E-state index contributed by atoms with van der Waals surface area (Å²) in [4.78, 5) is 52.0. The lowest BCUT2D eigenvalue weighted by atomic mass is 9.35. The minimum Gasteiger partial charge on any atom is -0.472 e. The highest BCUT2D eigenvalue weighted by atomic mass is 16.7. The first-order valence-corrected chi connectivity index (χ1v) is 13.6. The summed E-state index contributed by atoms with van der Waals surface area (Å²) in [5.74, 6) is -2.29. The number of ether oxygens (including phenoxy) is 4. The van der Waals surface area contributed by atoms with E-state index in [2.05, 4.69) is 13.8 Å². The Morgan fingerprint density at radius 2 is 1.69 bits per heavy atom. The van der Waals surface area contributed by atoms with Crippen molar-refractivity contribution in [2.24, 2.45) is 33.5 Å². The summed E-state index contributed by atoms with van der Waals surface area (Å²) in [6, 6.07) is 1.79. The van der Waals surface area contributed by atoms with E-state index >= 15 is 0 Å². The van der Waals surface area contributed by atoms with E-state index in [4.69, 9.17) is 23.4 Å². The Hall–Kier alpha value is -2.94. The monoisotopic (exact) mass is 540 g/mol. The molecular formula is C30H36O9. The first-order valence-electron chi connectivity index (χ1n) is 13.6. The van der Waals surface area contributed by atoms with Gasteiger partial charge in [0, 0.05) is 41.6 Å². The fourth-order valence-corrected chi connectivity index (χ4v) is 9.68. The fourth-order valence-electron chi connectivity index (χ4n) is 9.68. The third-order valence-corrected chi connectivity index (χ3v) is 11.1. The molecule has 10 atom stereocenters. The standard InChI is InChI=1S/C30H36O9/c1-15(31)36-20-21-26(3,4)19(33)9-11-27(21,5)18-8-12-28(6)22(17-10-13-35-14-17)38-25(34)24-30(28,39-24)29(18,7)23(20)37-16(2)32/h9-11,13-14,18,20-24H,8,12H2,1-7H3/t18-,20+,21+,22-,23+,24+,27-,28-,29+,30+/m0/s1. The van der Waals surface area contributed by atoms with Gasteiger partial charge in [0.2, 0.25) is 0 Å². The van der Waals surface area contributed by atoms with E-state index < -0.39 is 75.5 Å². The number of allylic oxidation sites excluding steroid dienone is 2. The zero-order valence-electron chi connectivity index (χ0n) is 23.4. The Balaban J connectivity index is 1.61. The van der Waals surface area contributed by atoms with Crippen molar-refractivity contribution >= 4 is 23.7 Å². The van der Waals surface area contributed by atoms with Gasteiger partial charge in [0.05, 0.1) is 12.5 Å². The van der Waals surface area contributed by atoms with Crippen LogP contribution >= 0.6 is 0 Å². The molecule has 0 radical (unpaired) electrons. The van der Waals surface area contributed by atoms with Crippen LogP contribution in [0.15, 0.2) is 35.2 Å². The average Bonchev–Trinajstić information content (AvgIpc) is 3.41. The average molecular weight is 541 g/mol. The van der Waals surface area contributed by atoms with Crippen molar-refractivity contribution in [1.82, 2.24) is 0 Å². The molecule has 9 nitrogen and oxygen atoms in total. The summed E-state index contributed by atoms with van der Waals surface area (Å²) in [7, 11) is 0. The normalized spacial score (nSPS) is 47.1. The van der Waals surface area contributed by atoms with Gasteiger partial charge in [-0.25, -0.2) is 4.79 Å². The second-order valence-corrected chi connectivity index (χ2v) is 13.3. The molecule has 0 aromatic carbocycles. The summed E-state index contributed by atoms with van der Waals surface area (Å²) in [5.41, 5.74) is -3.58. The van der Waals surface area contributed by atoms with E-state index in [1.807, 2.05) is 26.8 Å². The Morgan fingerprint density at radius 3 is 2.31 bits per heavy atom. The molecule has 2 saturated heterocycles. The van der Waals surface area contributed by atoms with Crippen LogP contribution < -0.4 is 0 Å². The Kier molecular flexibility index (Phi) is 5.28. The number of rotatable bonds is 3. The lowest BCUT2D eigenvalue weighted by Crippen LogP contribution is -2.76. The fraction of sp³-hybridized carbons (Fsp3) is 0.667. The Morgan fingerprint density at radius 1 is 1.00 bits per heavy atom. The SMILES string of the molecule is CC(=O)O[C@@H]1[C@@H]2C(C)(C)C(=O)C=C[C@@]2(C)[C@@H]2CC[C@@]3(C)[C@H](c4ccoc4)OC(=O)[C@H]4O[C@]43[C@@]2(C)[C@@H]1OC(C)=O. The molecule has 2 saturated carbocycles. The van der Waals surface area contributed by atoms with Gasteiger partial charge in [0.15, 0.2) is 11.9 Å². The van der Waals surface area contributed by atoms with Gasteiger partial charge in [-0.15, -0.1) is 0 Å². The minimum atomic E-state index is -1.08.